The Balaban J connectivity index is 1.82. The Morgan fingerprint density at radius 1 is 1.12 bits per heavy atom. The Labute approximate surface area is 144 Å². The maximum absolute atomic E-state index is 13.4. The van der Waals surface area contributed by atoms with Gasteiger partial charge in [-0.1, -0.05) is 30.3 Å². The molecule has 2 aromatic rings. The van der Waals surface area contributed by atoms with Gasteiger partial charge in [0.05, 0.1) is 0 Å². The van der Waals surface area contributed by atoms with E-state index in [0.29, 0.717) is 5.56 Å². The lowest BCUT2D eigenvalue weighted by Crippen LogP contribution is -2.35. The molecule has 1 N–H and O–H groups in total. The molecule has 6 heteroatoms. The molecule has 4 nitrogen and oxygen atoms in total. The van der Waals surface area contributed by atoms with Crippen LogP contribution in [0.3, 0.4) is 0 Å². The summed E-state index contributed by atoms with van der Waals surface area (Å²) in [6.45, 7) is 1.61. The molecule has 2 aromatic carbocycles. The molecule has 0 aliphatic carbocycles. The second kappa shape index (κ2) is 8.73. The number of hydrogen-bond donors (Lipinski definition) is 1. The van der Waals surface area contributed by atoms with Gasteiger partial charge in [0.2, 0.25) is 0 Å². The fourth-order valence-electron chi connectivity index (χ4n) is 1.97. The third-order valence-electron chi connectivity index (χ3n) is 3.35. The molecule has 0 unspecified atom stereocenters. The number of esters is 1. The van der Waals surface area contributed by atoms with E-state index in [0.717, 1.165) is 6.08 Å². The molecule has 130 valence electrons. The molecule has 0 spiro atoms. The average molecular weight is 345 g/mol. The summed E-state index contributed by atoms with van der Waals surface area (Å²) in [6, 6.07) is 11.6. The molecule has 0 saturated heterocycles. The fourth-order valence-corrected chi connectivity index (χ4v) is 1.97. The van der Waals surface area contributed by atoms with E-state index in [2.05, 4.69) is 5.32 Å². The first-order valence-corrected chi connectivity index (χ1v) is 7.61. The molecule has 2 rings (SSSR count). The average Bonchev–Trinajstić information content (AvgIpc) is 2.60. The van der Waals surface area contributed by atoms with E-state index in [1.54, 1.807) is 24.3 Å². The van der Waals surface area contributed by atoms with Gasteiger partial charge in [0, 0.05) is 18.2 Å². The number of benzene rings is 2. The molecule has 1 amide bonds. The highest BCUT2D eigenvalue weighted by atomic mass is 19.1. The van der Waals surface area contributed by atoms with Gasteiger partial charge >= 0.3 is 5.97 Å². The minimum absolute atomic E-state index is 0.187. The van der Waals surface area contributed by atoms with E-state index in [9.17, 15) is 18.4 Å². The summed E-state index contributed by atoms with van der Waals surface area (Å²) >= 11 is 0. The van der Waals surface area contributed by atoms with Crippen LogP contribution in [0.25, 0.3) is 6.08 Å². The second-order valence-electron chi connectivity index (χ2n) is 5.28. The summed E-state index contributed by atoms with van der Waals surface area (Å²) < 4.78 is 31.2. The van der Waals surface area contributed by atoms with E-state index < -0.39 is 23.8 Å². The van der Waals surface area contributed by atoms with E-state index in [1.807, 2.05) is 0 Å². The Hall–Kier alpha value is -3.02. The van der Waals surface area contributed by atoms with Crippen LogP contribution in [0, 0.1) is 11.6 Å². The highest BCUT2D eigenvalue weighted by Gasteiger charge is 2.16. The first kappa shape index (κ1) is 18.3. The Kier molecular flexibility index (Phi) is 6.39. The van der Waals surface area contributed by atoms with Crippen LogP contribution in [-0.2, 0) is 20.9 Å². The van der Waals surface area contributed by atoms with E-state index in [1.165, 1.54) is 37.3 Å². The SMILES string of the molecule is C[C@H](OC(=O)/C=C/c1ccccc1F)C(=O)NCc1ccc(F)cc1. The summed E-state index contributed by atoms with van der Waals surface area (Å²) in [5.74, 6) is -2.07. The Morgan fingerprint density at radius 2 is 1.80 bits per heavy atom. The number of halogens is 2. The molecule has 0 saturated carbocycles. The molecule has 0 aliphatic heterocycles. The normalized spacial score (nSPS) is 12.0. The smallest absolute Gasteiger partial charge is 0.331 e. The van der Waals surface area contributed by atoms with Crippen LogP contribution in [0.1, 0.15) is 18.1 Å². The van der Waals surface area contributed by atoms with Crippen LogP contribution in [-0.4, -0.2) is 18.0 Å². The van der Waals surface area contributed by atoms with Gasteiger partial charge in [0.15, 0.2) is 6.10 Å². The predicted molar refractivity (Wildman–Crippen MR) is 89.2 cm³/mol. The molecule has 0 bridgehead atoms. The van der Waals surface area contributed by atoms with Crippen LogP contribution >= 0.6 is 0 Å². The fraction of sp³-hybridized carbons (Fsp3) is 0.158. The van der Waals surface area contributed by atoms with Crippen LogP contribution < -0.4 is 5.32 Å². The number of ether oxygens (including phenoxy) is 1. The van der Waals surface area contributed by atoms with Crippen molar-refractivity contribution in [2.45, 2.75) is 19.6 Å². The number of rotatable bonds is 6. The van der Waals surface area contributed by atoms with Crippen LogP contribution in [0.4, 0.5) is 8.78 Å². The zero-order valence-electron chi connectivity index (χ0n) is 13.5. The van der Waals surface area contributed by atoms with E-state index in [-0.39, 0.29) is 17.9 Å². The number of carbonyl (C=O) groups is 2. The van der Waals surface area contributed by atoms with Gasteiger partial charge in [-0.25, -0.2) is 13.6 Å². The molecular weight excluding hydrogens is 328 g/mol. The third kappa shape index (κ3) is 5.84. The molecular formula is C19H17F2NO3. The largest absolute Gasteiger partial charge is 0.449 e. The standard InChI is InChI=1S/C19H17F2NO3/c1-13(19(24)22-12-14-6-9-16(20)10-7-14)25-18(23)11-8-15-4-2-3-5-17(15)21/h2-11,13H,12H2,1H3,(H,22,24)/b11-8+/t13-/m0/s1. The summed E-state index contributed by atoms with van der Waals surface area (Å²) in [5, 5.41) is 2.58. The lowest BCUT2D eigenvalue weighted by Gasteiger charge is -2.12. The molecule has 25 heavy (non-hydrogen) atoms. The van der Waals surface area contributed by atoms with Crippen molar-refractivity contribution in [3.05, 3.63) is 77.4 Å². The van der Waals surface area contributed by atoms with Crippen molar-refractivity contribution in [3.63, 3.8) is 0 Å². The van der Waals surface area contributed by atoms with Crippen molar-refractivity contribution in [2.75, 3.05) is 0 Å². The van der Waals surface area contributed by atoms with Gasteiger partial charge in [0.1, 0.15) is 11.6 Å². The van der Waals surface area contributed by atoms with Crippen molar-refractivity contribution < 1.29 is 23.1 Å². The molecule has 0 aromatic heterocycles. The second-order valence-corrected chi connectivity index (χ2v) is 5.28. The first-order valence-electron chi connectivity index (χ1n) is 7.61. The summed E-state index contributed by atoms with van der Waals surface area (Å²) in [6.07, 6.45) is 1.32. The number of amides is 1. The van der Waals surface area contributed by atoms with Crippen molar-refractivity contribution in [2.24, 2.45) is 0 Å². The quantitative estimate of drug-likeness (QED) is 0.646. The van der Waals surface area contributed by atoms with E-state index >= 15 is 0 Å². The summed E-state index contributed by atoms with van der Waals surface area (Å²) in [7, 11) is 0. The van der Waals surface area contributed by atoms with Gasteiger partial charge in [-0.2, -0.15) is 0 Å². The summed E-state index contributed by atoms with van der Waals surface area (Å²) in [4.78, 5) is 23.6. The van der Waals surface area contributed by atoms with Gasteiger partial charge in [0.25, 0.3) is 5.91 Å². The topological polar surface area (TPSA) is 55.4 Å². The van der Waals surface area contributed by atoms with Crippen LogP contribution in [0.5, 0.6) is 0 Å². The minimum Gasteiger partial charge on any atom is -0.449 e. The Morgan fingerprint density at radius 3 is 2.48 bits per heavy atom. The van der Waals surface area contributed by atoms with Crippen molar-refractivity contribution >= 4 is 18.0 Å². The molecule has 0 heterocycles. The molecule has 0 radical (unpaired) electrons. The van der Waals surface area contributed by atoms with Crippen molar-refractivity contribution in [1.29, 1.82) is 0 Å². The van der Waals surface area contributed by atoms with Crippen molar-refractivity contribution in [1.82, 2.24) is 5.32 Å². The van der Waals surface area contributed by atoms with Crippen LogP contribution in [0.2, 0.25) is 0 Å². The van der Waals surface area contributed by atoms with Crippen LogP contribution in [0.15, 0.2) is 54.6 Å². The van der Waals surface area contributed by atoms with E-state index in [4.69, 9.17) is 4.74 Å². The third-order valence-corrected chi connectivity index (χ3v) is 3.35. The zero-order valence-corrected chi connectivity index (χ0v) is 13.5. The highest BCUT2D eigenvalue weighted by molar-refractivity contribution is 5.90. The zero-order chi connectivity index (χ0) is 18.2. The highest BCUT2D eigenvalue weighted by Crippen LogP contribution is 2.08. The molecule has 1 atom stereocenters. The first-order chi connectivity index (χ1) is 12.0. The lowest BCUT2D eigenvalue weighted by molar-refractivity contribution is -0.150. The minimum atomic E-state index is -1.02. The summed E-state index contributed by atoms with van der Waals surface area (Å²) in [5.41, 5.74) is 0.959. The molecule has 0 aliphatic rings. The van der Waals surface area contributed by atoms with Gasteiger partial charge < -0.3 is 10.1 Å². The van der Waals surface area contributed by atoms with Gasteiger partial charge in [-0.3, -0.25) is 4.79 Å². The van der Waals surface area contributed by atoms with Gasteiger partial charge in [-0.05, 0) is 36.8 Å². The van der Waals surface area contributed by atoms with Gasteiger partial charge in [-0.15, -0.1) is 0 Å². The number of carbonyl (C=O) groups excluding carboxylic acids is 2. The maximum Gasteiger partial charge on any atom is 0.331 e. The number of nitrogens with one attached hydrogen (secondary N) is 1. The number of hydrogen-bond acceptors (Lipinski definition) is 3. The molecule has 0 fully saturated rings. The van der Waals surface area contributed by atoms with Crippen molar-refractivity contribution in [3.8, 4) is 0 Å². The Bertz CT molecular complexity index is 772. The monoisotopic (exact) mass is 345 g/mol. The predicted octanol–water partition coefficient (Wildman–Crippen LogP) is 3.23. The lowest BCUT2D eigenvalue weighted by atomic mass is 10.2. The maximum atomic E-state index is 13.4.